The number of phosphoric ester groups is 1. The van der Waals surface area contributed by atoms with E-state index in [1.807, 2.05) is 0 Å². The lowest BCUT2D eigenvalue weighted by Crippen LogP contribution is -2.16. The summed E-state index contributed by atoms with van der Waals surface area (Å²) in [6.07, 6.45) is 0.211. The lowest BCUT2D eigenvalue weighted by molar-refractivity contribution is 0.101. The van der Waals surface area contributed by atoms with Crippen LogP contribution in [0.2, 0.25) is 0 Å². The summed E-state index contributed by atoms with van der Waals surface area (Å²) < 4.78 is 118. The summed E-state index contributed by atoms with van der Waals surface area (Å²) in [7, 11) is -20.9. The third-order valence-corrected chi connectivity index (χ3v) is 11.3. The number of hydrogen-bond donors (Lipinski definition) is 8. The van der Waals surface area contributed by atoms with Crippen LogP contribution in [0.4, 0.5) is 22.9 Å². The maximum atomic E-state index is 13.5. The van der Waals surface area contributed by atoms with Gasteiger partial charge in [0, 0.05) is 33.2 Å². The molecule has 2 amide bonds. The molecule has 5 aromatic rings. The van der Waals surface area contributed by atoms with Gasteiger partial charge < -0.3 is 25.5 Å². The number of fused-ring (bicyclic) bond motifs is 1. The van der Waals surface area contributed by atoms with E-state index in [9.17, 15) is 63.0 Å². The molecule has 22 nitrogen and oxygen atoms in total. The molecule has 0 unspecified atom stereocenters. The van der Waals surface area contributed by atoms with Crippen molar-refractivity contribution in [1.82, 2.24) is 4.98 Å². The predicted molar refractivity (Wildman–Crippen MR) is 204 cm³/mol. The molecule has 0 atom stereocenters. The molecule has 0 aliphatic heterocycles. The highest BCUT2D eigenvalue weighted by Gasteiger charge is 2.28. The highest BCUT2D eigenvalue weighted by molar-refractivity contribution is 7.87. The summed E-state index contributed by atoms with van der Waals surface area (Å²) in [6, 6.07) is 11.8. The van der Waals surface area contributed by atoms with Crippen molar-refractivity contribution in [3.05, 3.63) is 100 Å². The van der Waals surface area contributed by atoms with Gasteiger partial charge in [-0.2, -0.15) is 25.3 Å². The molecule has 0 saturated carbocycles. The molecule has 0 radical (unpaired) electrons. The molecule has 26 heteroatoms. The molecule has 5 rings (SSSR count). The minimum absolute atomic E-state index is 0.00316. The quantitative estimate of drug-likeness (QED) is 0.0345. The average molecular weight is 894 g/mol. The molecule has 0 saturated heterocycles. The van der Waals surface area contributed by atoms with E-state index in [4.69, 9.17) is 9.79 Å². The van der Waals surface area contributed by atoms with Crippen molar-refractivity contribution >= 4 is 89.9 Å². The Bertz CT molecular complexity index is 3030. The lowest BCUT2D eigenvalue weighted by Gasteiger charge is -2.16. The van der Waals surface area contributed by atoms with E-state index >= 15 is 0 Å². The first-order valence-corrected chi connectivity index (χ1v) is 21.8. The molecular formula is C33H28N5O17PS3. The van der Waals surface area contributed by atoms with Crippen LogP contribution in [0.1, 0.15) is 47.9 Å². The van der Waals surface area contributed by atoms with E-state index < -0.39 is 99.1 Å². The van der Waals surface area contributed by atoms with Crippen LogP contribution in [0.3, 0.4) is 0 Å². The third kappa shape index (κ3) is 10.2. The number of benzene rings is 4. The van der Waals surface area contributed by atoms with Crippen LogP contribution in [0.25, 0.3) is 10.8 Å². The molecule has 0 spiro atoms. The molecule has 59 heavy (non-hydrogen) atoms. The molecule has 1 heterocycles. The van der Waals surface area contributed by atoms with Crippen LogP contribution in [0, 0.1) is 13.8 Å². The Morgan fingerprint density at radius 1 is 0.797 bits per heavy atom. The average Bonchev–Trinajstić information content (AvgIpc) is 3.13. The number of carbonyl (C=O) groups is 3. The SMILES string of the molecule is Cc1ccc(C(=O)Nc2ccc(S(=O)(=O)O)c3cc(S(=O)(=O)O)cc(S(=O)(=O)O)c23)cc1NC(=O)c1cccc(N=Nc2nc(C)c(O)c(C=O)c2COP(=O)(O)O)c1. The highest BCUT2D eigenvalue weighted by atomic mass is 32.2. The van der Waals surface area contributed by atoms with Crippen molar-refractivity contribution in [2.45, 2.75) is 35.1 Å². The number of aryl methyl sites for hydroxylation is 2. The summed E-state index contributed by atoms with van der Waals surface area (Å²) >= 11 is 0. The van der Waals surface area contributed by atoms with Crippen molar-refractivity contribution in [3.63, 3.8) is 0 Å². The van der Waals surface area contributed by atoms with Gasteiger partial charge in [-0.3, -0.25) is 32.6 Å². The van der Waals surface area contributed by atoms with E-state index in [2.05, 4.69) is 30.4 Å². The third-order valence-electron chi connectivity index (χ3n) is 8.19. The Hall–Kier alpha value is -5.86. The molecule has 0 aliphatic rings. The summed E-state index contributed by atoms with van der Waals surface area (Å²) in [5.74, 6) is -2.65. The molecule has 4 aromatic carbocycles. The Balaban J connectivity index is 1.46. The number of amides is 2. The van der Waals surface area contributed by atoms with Crippen LogP contribution < -0.4 is 10.6 Å². The van der Waals surface area contributed by atoms with E-state index in [1.165, 1.54) is 49.4 Å². The van der Waals surface area contributed by atoms with Crippen LogP contribution in [-0.2, 0) is 46.1 Å². The maximum Gasteiger partial charge on any atom is 0.469 e. The smallest absolute Gasteiger partial charge is 0.469 e. The lowest BCUT2D eigenvalue weighted by atomic mass is 10.1. The van der Waals surface area contributed by atoms with Crippen LogP contribution >= 0.6 is 7.82 Å². The van der Waals surface area contributed by atoms with E-state index in [-0.39, 0.29) is 45.9 Å². The van der Waals surface area contributed by atoms with E-state index in [0.717, 1.165) is 6.07 Å². The Morgan fingerprint density at radius 3 is 2.02 bits per heavy atom. The van der Waals surface area contributed by atoms with Crippen LogP contribution in [-0.4, -0.2) is 76.9 Å². The van der Waals surface area contributed by atoms with Gasteiger partial charge in [0.2, 0.25) is 0 Å². The number of carbonyl (C=O) groups excluding carboxylic acids is 3. The number of aromatic hydroxyl groups is 1. The second-order valence-electron chi connectivity index (χ2n) is 12.2. The van der Waals surface area contributed by atoms with Crippen LogP contribution in [0.15, 0.2) is 91.6 Å². The Morgan fingerprint density at radius 2 is 1.42 bits per heavy atom. The highest BCUT2D eigenvalue weighted by Crippen LogP contribution is 2.40. The van der Waals surface area contributed by atoms with Gasteiger partial charge in [-0.05, 0) is 74.0 Å². The van der Waals surface area contributed by atoms with Gasteiger partial charge in [-0.15, -0.1) is 10.2 Å². The van der Waals surface area contributed by atoms with Gasteiger partial charge in [0.05, 0.1) is 34.1 Å². The molecule has 310 valence electrons. The normalized spacial score (nSPS) is 12.5. The van der Waals surface area contributed by atoms with Crippen LogP contribution in [0.5, 0.6) is 5.75 Å². The number of phosphoric acid groups is 1. The van der Waals surface area contributed by atoms with Gasteiger partial charge in [0.15, 0.2) is 12.1 Å². The topological polar surface area (TPSA) is 363 Å². The van der Waals surface area contributed by atoms with Crippen molar-refractivity contribution in [2.24, 2.45) is 10.2 Å². The largest absolute Gasteiger partial charge is 0.505 e. The van der Waals surface area contributed by atoms with Gasteiger partial charge in [0.1, 0.15) is 15.5 Å². The van der Waals surface area contributed by atoms with E-state index in [0.29, 0.717) is 23.8 Å². The number of nitrogens with zero attached hydrogens (tertiary/aromatic N) is 3. The van der Waals surface area contributed by atoms with Gasteiger partial charge in [0.25, 0.3) is 42.2 Å². The van der Waals surface area contributed by atoms with E-state index in [1.54, 1.807) is 6.92 Å². The molecular weight excluding hydrogens is 866 g/mol. The molecule has 0 fully saturated rings. The molecule has 1 aromatic heterocycles. The standard InChI is InChI=1S/C33H28N5O17PS3/c1-16-6-7-19(33(42)35-25-8-9-27(58(49,50)51)22-12-21(57(46,47)48)13-28(29(22)25)59(52,53)54)11-26(16)36-32(41)18-4-3-5-20(10-18)37-38-31-24(15-55-56(43,44)45)23(14-39)30(40)17(2)34-31/h3-14,40H,15H2,1-2H3,(H,35,42)(H,36,41)(H2,43,44,45)(H,46,47,48)(H,49,50,51)(H,52,53,54). The van der Waals surface area contributed by atoms with Crippen molar-refractivity contribution in [2.75, 3.05) is 10.6 Å². The fourth-order valence-corrected chi connectivity index (χ4v) is 7.75. The number of anilines is 2. The summed E-state index contributed by atoms with van der Waals surface area (Å²) in [5.41, 5.74) is -0.875. The zero-order valence-corrected chi connectivity index (χ0v) is 33.2. The fraction of sp³-hybridized carbons (Fsp3) is 0.0909. The van der Waals surface area contributed by atoms with Crippen molar-refractivity contribution < 1.29 is 77.3 Å². The second-order valence-corrected chi connectivity index (χ2v) is 17.7. The van der Waals surface area contributed by atoms with Crippen molar-refractivity contribution in [3.8, 4) is 5.75 Å². The van der Waals surface area contributed by atoms with Gasteiger partial charge in [-0.1, -0.05) is 12.1 Å². The summed E-state index contributed by atoms with van der Waals surface area (Å²) in [6.45, 7) is 2.02. The maximum absolute atomic E-state index is 13.5. The fourth-order valence-electron chi connectivity index (χ4n) is 5.42. The Kier molecular flexibility index (Phi) is 12.3. The second kappa shape index (κ2) is 16.4. The molecule has 0 aliphatic carbocycles. The zero-order valence-electron chi connectivity index (χ0n) is 29.8. The number of hydrogen-bond acceptors (Lipinski definition) is 15. The Labute approximate surface area is 333 Å². The summed E-state index contributed by atoms with van der Waals surface area (Å²) in [4.78, 5) is 57.4. The zero-order chi connectivity index (χ0) is 43.8. The number of azo groups is 1. The number of nitrogens with one attached hydrogen (secondary N) is 2. The predicted octanol–water partition coefficient (Wildman–Crippen LogP) is 4.64. The minimum Gasteiger partial charge on any atom is -0.505 e. The molecule has 8 N–H and O–H groups in total. The first-order chi connectivity index (χ1) is 27.3. The number of aromatic nitrogens is 1. The number of aldehydes is 1. The van der Waals surface area contributed by atoms with Gasteiger partial charge in [-0.25, -0.2) is 9.55 Å². The minimum atomic E-state index is -5.41. The van der Waals surface area contributed by atoms with Crippen molar-refractivity contribution in [1.29, 1.82) is 0 Å². The monoisotopic (exact) mass is 893 g/mol. The first-order valence-electron chi connectivity index (χ1n) is 15.9. The molecule has 0 bridgehead atoms. The number of rotatable bonds is 13. The number of pyridine rings is 1. The first kappa shape index (κ1) is 44.2. The van der Waals surface area contributed by atoms with Gasteiger partial charge >= 0.3 is 7.82 Å². The summed E-state index contributed by atoms with van der Waals surface area (Å²) in [5, 5.41) is 21.5.